The molecule has 0 heterocycles. The van der Waals surface area contributed by atoms with E-state index in [1.165, 1.54) is 24.4 Å². The van der Waals surface area contributed by atoms with Crippen LogP contribution >= 0.6 is 0 Å². The summed E-state index contributed by atoms with van der Waals surface area (Å²) in [6.45, 7) is 0.381. The molecule has 4 aromatic rings. The number of nitrogens with zero attached hydrogens (tertiary/aromatic N) is 1. The summed E-state index contributed by atoms with van der Waals surface area (Å²) >= 11 is 0. The number of hydrogen-bond donors (Lipinski definition) is 2. The summed E-state index contributed by atoms with van der Waals surface area (Å²) in [5, 5.41) is 8.66. The lowest BCUT2D eigenvalue weighted by atomic mass is 10.1. The third-order valence-corrected chi connectivity index (χ3v) is 5.58. The highest BCUT2D eigenvalue weighted by atomic mass is 19.1. The van der Waals surface area contributed by atoms with Gasteiger partial charge in [0.2, 0.25) is 11.8 Å². The van der Waals surface area contributed by atoms with Crippen molar-refractivity contribution >= 4 is 34.5 Å². The highest BCUT2D eigenvalue weighted by Crippen LogP contribution is 2.29. The summed E-state index contributed by atoms with van der Waals surface area (Å²) in [5.41, 5.74) is 4.21. The first-order valence-electron chi connectivity index (χ1n) is 11.7. The quantitative estimate of drug-likeness (QED) is 0.225. The van der Waals surface area contributed by atoms with Crippen molar-refractivity contribution in [2.24, 2.45) is 5.10 Å². The largest absolute Gasteiger partial charge is 0.493 e. The van der Waals surface area contributed by atoms with Crippen molar-refractivity contribution in [2.45, 2.75) is 19.4 Å². The normalized spacial score (nSPS) is 10.9. The van der Waals surface area contributed by atoms with Crippen molar-refractivity contribution in [2.75, 3.05) is 12.4 Å². The van der Waals surface area contributed by atoms with Crippen molar-refractivity contribution in [3.63, 3.8) is 0 Å². The maximum absolute atomic E-state index is 13.6. The summed E-state index contributed by atoms with van der Waals surface area (Å²) in [7, 11) is 1.55. The number of anilines is 1. The topological polar surface area (TPSA) is 89.0 Å². The molecular formula is C29H26FN3O4. The second-order valence-electron chi connectivity index (χ2n) is 8.16. The Morgan fingerprint density at radius 1 is 0.892 bits per heavy atom. The lowest BCUT2D eigenvalue weighted by Crippen LogP contribution is -2.21. The molecule has 0 aromatic heterocycles. The number of hydrogen-bond acceptors (Lipinski definition) is 5. The summed E-state index contributed by atoms with van der Waals surface area (Å²) in [4.78, 5) is 24.0. The van der Waals surface area contributed by atoms with Crippen LogP contribution < -0.4 is 20.2 Å². The molecule has 188 valence electrons. The van der Waals surface area contributed by atoms with Gasteiger partial charge < -0.3 is 14.8 Å². The molecule has 0 spiro atoms. The summed E-state index contributed by atoms with van der Waals surface area (Å²) in [6, 6.07) is 25.4. The highest BCUT2D eigenvalue weighted by molar-refractivity contribution is 5.93. The Morgan fingerprint density at radius 3 is 2.49 bits per heavy atom. The van der Waals surface area contributed by atoms with Crippen molar-refractivity contribution in [1.82, 2.24) is 5.43 Å². The zero-order chi connectivity index (χ0) is 26.0. The average molecular weight is 500 g/mol. The fraction of sp³-hybridized carbons (Fsp3) is 0.138. The van der Waals surface area contributed by atoms with E-state index in [1.54, 1.807) is 31.4 Å². The van der Waals surface area contributed by atoms with E-state index in [9.17, 15) is 14.0 Å². The van der Waals surface area contributed by atoms with Gasteiger partial charge in [-0.25, -0.2) is 9.82 Å². The van der Waals surface area contributed by atoms with Crippen LogP contribution in [0.15, 0.2) is 90.0 Å². The van der Waals surface area contributed by atoms with E-state index < -0.39 is 17.6 Å². The van der Waals surface area contributed by atoms with Gasteiger partial charge in [-0.3, -0.25) is 9.59 Å². The molecular weight excluding hydrogens is 473 g/mol. The van der Waals surface area contributed by atoms with E-state index in [0.29, 0.717) is 23.7 Å². The second-order valence-corrected chi connectivity index (χ2v) is 8.16. The minimum Gasteiger partial charge on any atom is -0.493 e. The lowest BCUT2D eigenvalue weighted by Gasteiger charge is -2.12. The summed E-state index contributed by atoms with van der Waals surface area (Å²) in [6.07, 6.45) is 1.27. The number of hydrazone groups is 1. The van der Waals surface area contributed by atoms with Gasteiger partial charge in [-0.2, -0.15) is 5.10 Å². The summed E-state index contributed by atoms with van der Waals surface area (Å²) < 4.78 is 25.1. The van der Waals surface area contributed by atoms with Crippen LogP contribution in [-0.2, 0) is 16.2 Å². The third-order valence-electron chi connectivity index (χ3n) is 5.58. The monoisotopic (exact) mass is 499 g/mol. The van der Waals surface area contributed by atoms with E-state index in [-0.39, 0.29) is 18.5 Å². The van der Waals surface area contributed by atoms with E-state index >= 15 is 0 Å². The number of methoxy groups -OCH3 is 1. The summed E-state index contributed by atoms with van der Waals surface area (Å²) in [5.74, 6) is -0.335. The van der Waals surface area contributed by atoms with Crippen molar-refractivity contribution < 1.29 is 23.5 Å². The standard InChI is InChI=1S/C29H26FN3O4/c1-36-27-17-20(13-14-26(27)37-19-22-9-6-8-21-7-2-3-10-23(21)22)18-31-33-29(35)16-15-28(34)32-25-12-5-4-11-24(25)30/h2-14,17-18H,15-16,19H2,1H3,(H,32,34)(H,33,35). The molecule has 0 bridgehead atoms. The Balaban J connectivity index is 1.28. The Bertz CT molecular complexity index is 1430. The fourth-order valence-corrected chi connectivity index (χ4v) is 3.69. The number of carbonyl (C=O) groups excluding carboxylic acids is 2. The molecule has 2 N–H and O–H groups in total. The molecule has 0 aliphatic carbocycles. The van der Waals surface area contributed by atoms with Crippen molar-refractivity contribution in [1.29, 1.82) is 0 Å². The number of amides is 2. The van der Waals surface area contributed by atoms with Crippen LogP contribution in [0.2, 0.25) is 0 Å². The van der Waals surface area contributed by atoms with E-state index in [2.05, 4.69) is 34.0 Å². The van der Waals surface area contributed by atoms with Crippen LogP contribution in [0.3, 0.4) is 0 Å². The minimum absolute atomic E-state index is 0.0735. The zero-order valence-electron chi connectivity index (χ0n) is 20.2. The minimum atomic E-state index is -0.537. The Labute approximate surface area is 213 Å². The molecule has 37 heavy (non-hydrogen) atoms. The Kier molecular flexibility index (Phi) is 8.44. The molecule has 0 fully saturated rings. The predicted molar refractivity (Wildman–Crippen MR) is 141 cm³/mol. The number of halogens is 1. The number of rotatable bonds is 10. The van der Waals surface area contributed by atoms with Gasteiger partial charge in [-0.05, 0) is 52.2 Å². The van der Waals surface area contributed by atoms with Gasteiger partial charge in [0.05, 0.1) is 19.0 Å². The van der Waals surface area contributed by atoms with Gasteiger partial charge in [-0.15, -0.1) is 0 Å². The van der Waals surface area contributed by atoms with Crippen molar-refractivity contribution in [3.05, 3.63) is 102 Å². The third kappa shape index (κ3) is 6.91. The number of nitrogens with one attached hydrogen (secondary N) is 2. The number of benzene rings is 4. The first kappa shape index (κ1) is 25.4. The molecule has 4 aromatic carbocycles. The number of carbonyl (C=O) groups is 2. The number of para-hydroxylation sites is 1. The van der Waals surface area contributed by atoms with E-state index in [4.69, 9.17) is 9.47 Å². The maximum Gasteiger partial charge on any atom is 0.240 e. The average Bonchev–Trinajstić information content (AvgIpc) is 2.92. The fourth-order valence-electron chi connectivity index (χ4n) is 3.69. The first-order valence-corrected chi connectivity index (χ1v) is 11.7. The van der Waals surface area contributed by atoms with E-state index in [0.717, 1.165) is 16.3 Å². The predicted octanol–water partition coefficient (Wildman–Crippen LogP) is 5.44. The molecule has 0 saturated carbocycles. The van der Waals surface area contributed by atoms with Crippen LogP contribution in [0, 0.1) is 5.82 Å². The molecule has 8 heteroatoms. The molecule has 0 radical (unpaired) electrons. The van der Waals surface area contributed by atoms with Gasteiger partial charge in [0.15, 0.2) is 11.5 Å². The van der Waals surface area contributed by atoms with Crippen LogP contribution in [0.25, 0.3) is 10.8 Å². The van der Waals surface area contributed by atoms with E-state index in [1.807, 2.05) is 24.3 Å². The first-order chi connectivity index (χ1) is 18.0. The van der Waals surface area contributed by atoms with Crippen LogP contribution in [0.5, 0.6) is 11.5 Å². The molecule has 7 nitrogen and oxygen atoms in total. The molecule has 4 rings (SSSR count). The van der Waals surface area contributed by atoms with Gasteiger partial charge >= 0.3 is 0 Å². The molecule has 0 aliphatic heterocycles. The molecule has 2 amide bonds. The van der Waals surface area contributed by atoms with Crippen LogP contribution in [-0.4, -0.2) is 25.1 Å². The maximum atomic E-state index is 13.6. The lowest BCUT2D eigenvalue weighted by molar-refractivity contribution is -0.124. The smallest absolute Gasteiger partial charge is 0.240 e. The highest BCUT2D eigenvalue weighted by Gasteiger charge is 2.10. The van der Waals surface area contributed by atoms with Gasteiger partial charge in [0.1, 0.15) is 12.4 Å². The van der Waals surface area contributed by atoms with Crippen LogP contribution in [0.4, 0.5) is 10.1 Å². The van der Waals surface area contributed by atoms with Crippen molar-refractivity contribution in [3.8, 4) is 11.5 Å². The van der Waals surface area contributed by atoms with Gasteiger partial charge in [0.25, 0.3) is 0 Å². The molecule has 0 saturated heterocycles. The number of ether oxygens (including phenoxy) is 2. The molecule has 0 atom stereocenters. The van der Waals surface area contributed by atoms with Gasteiger partial charge in [-0.1, -0.05) is 54.6 Å². The Morgan fingerprint density at radius 2 is 1.65 bits per heavy atom. The van der Waals surface area contributed by atoms with Crippen LogP contribution in [0.1, 0.15) is 24.0 Å². The molecule has 0 aliphatic rings. The molecule has 0 unspecified atom stereocenters. The number of fused-ring (bicyclic) bond motifs is 1. The second kappa shape index (κ2) is 12.3. The Hall–Kier alpha value is -4.72. The van der Waals surface area contributed by atoms with Gasteiger partial charge in [0, 0.05) is 12.8 Å². The zero-order valence-corrected chi connectivity index (χ0v) is 20.2. The SMILES string of the molecule is COc1cc(C=NNC(=O)CCC(=O)Nc2ccccc2F)ccc1OCc1cccc2ccccc12.